The third-order valence-corrected chi connectivity index (χ3v) is 93.3. The average Bonchev–Trinajstić information content (AvgIpc) is 2.35. The summed E-state index contributed by atoms with van der Waals surface area (Å²) in [6, 6.07) is 0. The van der Waals surface area contributed by atoms with Crippen LogP contribution in [0.2, 0.25) is 86.4 Å². The van der Waals surface area contributed by atoms with Gasteiger partial charge in [0, 0.05) is 0 Å². The maximum atomic E-state index is 6.94. The Morgan fingerprint density at radius 2 is 0.741 bits per heavy atom. The Morgan fingerprint density at radius 1 is 0.556 bits per heavy atom. The van der Waals surface area contributed by atoms with E-state index in [2.05, 4.69) is 92.4 Å². The van der Waals surface area contributed by atoms with E-state index in [9.17, 15) is 0 Å². The van der Waals surface area contributed by atoms with Crippen LogP contribution < -0.4 is 0 Å². The van der Waals surface area contributed by atoms with Crippen molar-refractivity contribution in [2.24, 2.45) is 0 Å². The van der Waals surface area contributed by atoms with Crippen molar-refractivity contribution in [3.63, 3.8) is 0 Å². The summed E-state index contributed by atoms with van der Waals surface area (Å²) in [5.41, 5.74) is 0. The van der Waals surface area contributed by atoms with E-state index in [0.717, 1.165) is 14.2 Å². The van der Waals surface area contributed by atoms with Crippen LogP contribution in [0.3, 0.4) is 0 Å². The number of hydrogen-bond acceptors (Lipinski definition) is 0. The summed E-state index contributed by atoms with van der Waals surface area (Å²) in [6.07, 6.45) is 0. The van der Waals surface area contributed by atoms with E-state index in [-0.39, 0.29) is 0 Å². The minimum absolute atomic E-state index is 0.574. The van der Waals surface area contributed by atoms with Crippen molar-refractivity contribution >= 4 is 95.0 Å². The zero-order valence-corrected chi connectivity index (χ0v) is 32.0. The van der Waals surface area contributed by atoms with Gasteiger partial charge in [0.15, 0.2) is 0 Å². The van der Waals surface area contributed by atoms with Gasteiger partial charge in [0.25, 0.3) is 0 Å². The third-order valence-electron chi connectivity index (χ3n) is 6.05. The Balaban J connectivity index is 6.49. The molecule has 0 aliphatic heterocycles. The van der Waals surface area contributed by atoms with E-state index in [1.807, 2.05) is 0 Å². The van der Waals surface area contributed by atoms with Crippen molar-refractivity contribution in [1.29, 1.82) is 0 Å². The molecule has 0 unspecified atom stereocenters. The van der Waals surface area contributed by atoms with Crippen LogP contribution in [0, 0.1) is 0 Å². The molecule has 0 bridgehead atoms. The van der Waals surface area contributed by atoms with E-state index >= 15 is 0 Å². The summed E-state index contributed by atoms with van der Waals surface area (Å²) in [5.74, 6) is 0. The molecule has 0 atom stereocenters. The molecule has 162 valence electrons. The standard InChI is InChI=1S/2C7H19Si2.C3H6.2CH2Cl.2Sn/c2*1-8(2,3)7-9(4,5)6;1-3-2;2*1-2;;/h2*7H,1-6H3;1-2H3;2*1H2;;. The first-order valence-electron chi connectivity index (χ1n) is 10.5. The Morgan fingerprint density at radius 3 is 0.852 bits per heavy atom. The molecular formula is C19H48Cl2Si4Sn2. The molecule has 8 heteroatoms. The summed E-state index contributed by atoms with van der Waals surface area (Å²) in [5, 5.41) is 0. The van der Waals surface area contributed by atoms with Gasteiger partial charge in [0.05, 0.1) is 0 Å². The summed E-state index contributed by atoms with van der Waals surface area (Å²) in [4.78, 5) is 0. The van der Waals surface area contributed by atoms with Gasteiger partial charge in [0.2, 0.25) is 0 Å². The van der Waals surface area contributed by atoms with Crippen LogP contribution >= 0.6 is 23.2 Å². The Bertz CT molecular complexity index is 404. The van der Waals surface area contributed by atoms with Gasteiger partial charge in [-0.1, -0.05) is 0 Å². The molecule has 0 amide bonds. The van der Waals surface area contributed by atoms with Crippen molar-refractivity contribution in [3.05, 3.63) is 0 Å². The molecule has 0 aromatic heterocycles. The molecule has 2 radical (unpaired) electrons. The van der Waals surface area contributed by atoms with Crippen molar-refractivity contribution in [1.82, 2.24) is 0 Å². The number of alkyl halides is 2. The van der Waals surface area contributed by atoms with Crippen LogP contribution in [-0.2, 0) is 0 Å². The molecule has 0 aliphatic carbocycles. The second-order valence-electron chi connectivity index (χ2n) is 13.3. The number of halogens is 2. The van der Waals surface area contributed by atoms with Crippen molar-refractivity contribution < 1.29 is 0 Å². The van der Waals surface area contributed by atoms with Gasteiger partial charge in [0.1, 0.15) is 0 Å². The average molecular weight is 697 g/mol. The number of rotatable bonds is 10. The van der Waals surface area contributed by atoms with Gasteiger partial charge >= 0.3 is 203 Å². The normalized spacial score (nSPS) is 15.6. The van der Waals surface area contributed by atoms with Gasteiger partial charge in [-0.3, -0.25) is 0 Å². The molecule has 0 saturated heterocycles. The molecule has 0 N–H and O–H groups in total. The third kappa shape index (κ3) is 8.15. The summed E-state index contributed by atoms with van der Waals surface area (Å²) in [7, 11) is -4.90. The Hall–Kier alpha value is 3.04. The quantitative estimate of drug-likeness (QED) is 0.160. The molecule has 0 aliphatic rings. The van der Waals surface area contributed by atoms with Crippen LogP contribution in [0.15, 0.2) is 0 Å². The first-order valence-corrected chi connectivity index (χ1v) is 36.0. The van der Waals surface area contributed by atoms with E-state index in [4.69, 9.17) is 23.2 Å². The fourth-order valence-corrected chi connectivity index (χ4v) is 130. The van der Waals surface area contributed by atoms with E-state index in [0.29, 0.717) is 1.45 Å². The van der Waals surface area contributed by atoms with Gasteiger partial charge in [-0.05, 0) is 0 Å². The molecule has 0 spiro atoms. The molecule has 0 nitrogen and oxygen atoms in total. The van der Waals surface area contributed by atoms with Crippen LogP contribution in [0.4, 0.5) is 0 Å². The fraction of sp³-hybridized carbons (Fsp3) is 1.00. The van der Waals surface area contributed by atoms with E-state index < -0.39 is 71.8 Å². The monoisotopic (exact) mass is 698 g/mol. The SMILES string of the molecule is C[C](C)([Sn]([CH2]Cl)[CH]([Si](C)(C)C)[Si](C)(C)C)[Sn]([CH2]Cl)[CH]([Si](C)(C)C)[Si](C)(C)C. The zero-order chi connectivity index (χ0) is 22.2. The van der Waals surface area contributed by atoms with Gasteiger partial charge in [-0.15, -0.1) is 0 Å². The second kappa shape index (κ2) is 10.3. The summed E-state index contributed by atoms with van der Waals surface area (Å²) < 4.78 is 4.74. The molecule has 0 aromatic rings. The summed E-state index contributed by atoms with van der Waals surface area (Å²) in [6.45, 7) is 37.0. The van der Waals surface area contributed by atoms with Crippen molar-refractivity contribution in [3.8, 4) is 0 Å². The second-order valence-corrected chi connectivity index (χ2v) is 67.9. The molecule has 0 rings (SSSR count). The summed E-state index contributed by atoms with van der Waals surface area (Å²) >= 11 is 10.1. The predicted octanol–water partition coefficient (Wildman–Crippen LogP) is 8.10. The van der Waals surface area contributed by atoms with Crippen LogP contribution in [-0.4, -0.2) is 79.6 Å². The fourth-order valence-electron chi connectivity index (χ4n) is 6.11. The molecule has 0 saturated carbocycles. The molecule has 0 heterocycles. The van der Waals surface area contributed by atoms with Gasteiger partial charge in [-0.2, -0.15) is 0 Å². The number of hydrogen-bond donors (Lipinski definition) is 0. The van der Waals surface area contributed by atoms with Gasteiger partial charge < -0.3 is 0 Å². The van der Waals surface area contributed by atoms with Crippen LogP contribution in [0.25, 0.3) is 0 Å². The Labute approximate surface area is 200 Å². The van der Waals surface area contributed by atoms with Crippen LogP contribution in [0.1, 0.15) is 13.8 Å². The zero-order valence-electron chi connectivity index (χ0n) is 20.8. The maximum absolute atomic E-state index is 6.94. The minimum atomic E-state index is -1.87. The molecular weight excluding hydrogens is 649 g/mol. The topological polar surface area (TPSA) is 0 Å². The van der Waals surface area contributed by atoms with E-state index in [1.165, 1.54) is 0 Å². The first kappa shape index (κ1) is 30.0. The van der Waals surface area contributed by atoms with Crippen LogP contribution in [0.5, 0.6) is 0 Å². The molecule has 0 aromatic carbocycles. The Kier molecular flexibility index (Phi) is 11.5. The van der Waals surface area contributed by atoms with Crippen molar-refractivity contribution in [2.75, 3.05) is 7.79 Å². The molecule has 27 heavy (non-hydrogen) atoms. The first-order chi connectivity index (χ1) is 11.6. The molecule has 0 fully saturated rings. The predicted molar refractivity (Wildman–Crippen MR) is 148 cm³/mol. The van der Waals surface area contributed by atoms with E-state index in [1.54, 1.807) is 0 Å². The van der Waals surface area contributed by atoms with Crippen molar-refractivity contribution in [2.45, 2.75) is 100 Å². The van der Waals surface area contributed by atoms with Gasteiger partial charge in [-0.25, -0.2) is 0 Å².